The summed E-state index contributed by atoms with van der Waals surface area (Å²) in [6, 6.07) is 15.4. The van der Waals surface area contributed by atoms with Gasteiger partial charge in [0.05, 0.1) is 40.6 Å². The quantitative estimate of drug-likeness (QED) is 0.460. The molecule has 1 atom stereocenters. The van der Waals surface area contributed by atoms with Crippen molar-refractivity contribution in [2.45, 2.75) is 24.5 Å². The van der Waals surface area contributed by atoms with Crippen molar-refractivity contribution in [2.24, 2.45) is 0 Å². The number of anilines is 1. The number of fused-ring (bicyclic) bond motifs is 1. The number of hydrogen-bond donors (Lipinski definition) is 2. The molecule has 1 amide bonds. The van der Waals surface area contributed by atoms with Crippen molar-refractivity contribution in [3.05, 3.63) is 64.4 Å². The summed E-state index contributed by atoms with van der Waals surface area (Å²) >= 11 is 1.12. The van der Waals surface area contributed by atoms with Crippen molar-refractivity contribution in [3.63, 3.8) is 0 Å². The number of nitriles is 1. The van der Waals surface area contributed by atoms with Crippen LogP contribution in [0.4, 0.5) is 5.69 Å². The lowest BCUT2D eigenvalue weighted by Gasteiger charge is -2.19. The molecule has 0 aliphatic heterocycles. The molecule has 0 aliphatic rings. The van der Waals surface area contributed by atoms with Crippen LogP contribution in [0.3, 0.4) is 0 Å². The molecule has 0 spiro atoms. The van der Waals surface area contributed by atoms with E-state index in [0.717, 1.165) is 11.8 Å². The van der Waals surface area contributed by atoms with Gasteiger partial charge < -0.3 is 10.4 Å². The number of aliphatic hydroxyl groups excluding tert-OH is 1. The van der Waals surface area contributed by atoms with Crippen molar-refractivity contribution >= 4 is 34.3 Å². The van der Waals surface area contributed by atoms with Crippen molar-refractivity contribution in [1.82, 2.24) is 9.55 Å². The zero-order valence-electron chi connectivity index (χ0n) is 15.8. The highest BCUT2D eigenvalue weighted by atomic mass is 32.2. The summed E-state index contributed by atoms with van der Waals surface area (Å²) in [5.41, 5.74) is 1.11. The number of carbonyl (C=O) groups excluding carboxylic acids is 1. The van der Waals surface area contributed by atoms with Gasteiger partial charge in [0.25, 0.3) is 5.56 Å². The lowest BCUT2D eigenvalue weighted by molar-refractivity contribution is -0.113. The van der Waals surface area contributed by atoms with E-state index >= 15 is 0 Å². The summed E-state index contributed by atoms with van der Waals surface area (Å²) < 4.78 is 1.46. The molecule has 3 rings (SSSR count). The van der Waals surface area contributed by atoms with E-state index in [-0.39, 0.29) is 23.8 Å². The van der Waals surface area contributed by atoms with E-state index in [4.69, 9.17) is 5.26 Å². The molecule has 0 aliphatic carbocycles. The molecule has 0 unspecified atom stereocenters. The van der Waals surface area contributed by atoms with E-state index in [1.807, 2.05) is 13.0 Å². The molecule has 1 heterocycles. The Morgan fingerprint density at radius 2 is 2.00 bits per heavy atom. The summed E-state index contributed by atoms with van der Waals surface area (Å²) in [5, 5.41) is 22.4. The van der Waals surface area contributed by atoms with Gasteiger partial charge in [-0.05, 0) is 30.7 Å². The number of carbonyl (C=O) groups is 1. The molecule has 0 radical (unpaired) electrons. The SMILES string of the molecule is CC[C@@H](CO)n1c(SCC(=O)Nc2ccccc2C#N)nc2ccccc2c1=O. The van der Waals surface area contributed by atoms with E-state index in [9.17, 15) is 14.7 Å². The second kappa shape index (κ2) is 9.37. The highest BCUT2D eigenvalue weighted by Gasteiger charge is 2.19. The summed E-state index contributed by atoms with van der Waals surface area (Å²) in [5.74, 6) is -0.310. The molecule has 0 bridgehead atoms. The maximum absolute atomic E-state index is 13.0. The molecule has 3 aromatic rings. The third-order valence-corrected chi connectivity index (χ3v) is 5.43. The lowest BCUT2D eigenvalue weighted by Crippen LogP contribution is -2.29. The van der Waals surface area contributed by atoms with Gasteiger partial charge in [0.15, 0.2) is 5.16 Å². The van der Waals surface area contributed by atoms with Crippen LogP contribution in [0.15, 0.2) is 58.5 Å². The third-order valence-electron chi connectivity index (χ3n) is 4.48. The minimum atomic E-state index is -0.426. The number of aromatic nitrogens is 2. The van der Waals surface area contributed by atoms with Gasteiger partial charge in [-0.2, -0.15) is 5.26 Å². The highest BCUT2D eigenvalue weighted by molar-refractivity contribution is 7.99. The summed E-state index contributed by atoms with van der Waals surface area (Å²) in [4.78, 5) is 30.0. The normalized spacial score (nSPS) is 11.8. The lowest BCUT2D eigenvalue weighted by atomic mass is 10.2. The van der Waals surface area contributed by atoms with Crippen molar-refractivity contribution < 1.29 is 9.90 Å². The second-order valence-corrected chi connectivity index (χ2v) is 7.27. The molecular formula is C21H20N4O3S. The molecule has 0 saturated heterocycles. The summed E-state index contributed by atoms with van der Waals surface area (Å²) in [6.07, 6.45) is 0.547. The smallest absolute Gasteiger partial charge is 0.262 e. The van der Waals surface area contributed by atoms with E-state index in [2.05, 4.69) is 10.3 Å². The number of thioether (sulfide) groups is 1. The van der Waals surface area contributed by atoms with E-state index < -0.39 is 6.04 Å². The average molecular weight is 408 g/mol. The van der Waals surface area contributed by atoms with Gasteiger partial charge >= 0.3 is 0 Å². The second-order valence-electron chi connectivity index (χ2n) is 6.33. The van der Waals surface area contributed by atoms with Crippen LogP contribution in [0.25, 0.3) is 10.9 Å². The Labute approximate surface area is 172 Å². The highest BCUT2D eigenvalue weighted by Crippen LogP contribution is 2.23. The van der Waals surface area contributed by atoms with Gasteiger partial charge in [0, 0.05) is 0 Å². The predicted molar refractivity (Wildman–Crippen MR) is 113 cm³/mol. The van der Waals surface area contributed by atoms with E-state index in [0.29, 0.717) is 33.7 Å². The Morgan fingerprint density at radius 1 is 1.28 bits per heavy atom. The molecular weight excluding hydrogens is 388 g/mol. The van der Waals surface area contributed by atoms with Crippen LogP contribution >= 0.6 is 11.8 Å². The van der Waals surface area contributed by atoms with Crippen molar-refractivity contribution in [2.75, 3.05) is 17.7 Å². The Kier molecular flexibility index (Phi) is 6.65. The van der Waals surface area contributed by atoms with Crippen molar-refractivity contribution in [1.29, 1.82) is 5.26 Å². The summed E-state index contributed by atoms with van der Waals surface area (Å²) in [6.45, 7) is 1.67. The minimum absolute atomic E-state index is 0.00636. The zero-order valence-corrected chi connectivity index (χ0v) is 16.6. The Hall–Kier alpha value is -3.15. The number of para-hydroxylation sites is 2. The number of rotatable bonds is 7. The number of nitrogens with one attached hydrogen (secondary N) is 1. The van der Waals surface area contributed by atoms with Gasteiger partial charge in [-0.1, -0.05) is 43.0 Å². The van der Waals surface area contributed by atoms with Gasteiger partial charge in [0.2, 0.25) is 5.91 Å². The number of amides is 1. The van der Waals surface area contributed by atoms with Gasteiger partial charge in [-0.15, -0.1) is 0 Å². The largest absolute Gasteiger partial charge is 0.394 e. The number of nitrogens with zero attached hydrogens (tertiary/aromatic N) is 3. The molecule has 0 fully saturated rings. The number of aliphatic hydroxyl groups is 1. The fourth-order valence-corrected chi connectivity index (χ4v) is 3.82. The van der Waals surface area contributed by atoms with Crippen LogP contribution in [0.1, 0.15) is 24.9 Å². The maximum atomic E-state index is 13.0. The number of benzene rings is 2. The molecule has 2 N–H and O–H groups in total. The number of hydrogen-bond acceptors (Lipinski definition) is 6. The Morgan fingerprint density at radius 3 is 2.72 bits per heavy atom. The first-order chi connectivity index (χ1) is 14.1. The van der Waals surface area contributed by atoms with Gasteiger partial charge in [0.1, 0.15) is 6.07 Å². The first-order valence-corrected chi connectivity index (χ1v) is 10.1. The van der Waals surface area contributed by atoms with Crippen LogP contribution < -0.4 is 10.9 Å². The van der Waals surface area contributed by atoms with Crippen LogP contribution in [-0.4, -0.2) is 32.9 Å². The molecule has 2 aromatic carbocycles. The first kappa shape index (κ1) is 20.6. The van der Waals surface area contributed by atoms with Crippen LogP contribution in [0.2, 0.25) is 0 Å². The van der Waals surface area contributed by atoms with Crippen molar-refractivity contribution in [3.8, 4) is 6.07 Å². The standard InChI is InChI=1S/C21H20N4O3S/c1-2-15(12-26)25-20(28)16-8-4-6-10-18(16)24-21(25)29-13-19(27)23-17-9-5-3-7-14(17)11-22/h3-10,15,26H,2,12-13H2,1H3,(H,23,27)/t15-/m0/s1. The molecule has 148 valence electrons. The van der Waals surface area contributed by atoms with E-state index in [1.54, 1.807) is 48.5 Å². The maximum Gasteiger partial charge on any atom is 0.262 e. The molecule has 7 nitrogen and oxygen atoms in total. The average Bonchev–Trinajstić information content (AvgIpc) is 2.75. The minimum Gasteiger partial charge on any atom is -0.394 e. The molecule has 0 saturated carbocycles. The molecule has 8 heteroatoms. The topological polar surface area (TPSA) is 108 Å². The van der Waals surface area contributed by atoms with E-state index in [1.165, 1.54) is 4.57 Å². The van der Waals surface area contributed by atoms with Crippen LogP contribution in [-0.2, 0) is 4.79 Å². The van der Waals surface area contributed by atoms with Gasteiger partial charge in [-0.3, -0.25) is 14.2 Å². The zero-order chi connectivity index (χ0) is 20.8. The fourth-order valence-electron chi connectivity index (χ4n) is 2.95. The Bertz CT molecular complexity index is 1130. The first-order valence-electron chi connectivity index (χ1n) is 9.13. The van der Waals surface area contributed by atoms with Crippen LogP contribution in [0, 0.1) is 11.3 Å². The third kappa shape index (κ3) is 4.47. The van der Waals surface area contributed by atoms with Crippen LogP contribution in [0.5, 0.6) is 0 Å². The molecule has 1 aromatic heterocycles. The molecule has 29 heavy (non-hydrogen) atoms. The van der Waals surface area contributed by atoms with Gasteiger partial charge in [-0.25, -0.2) is 4.98 Å². The predicted octanol–water partition coefficient (Wildman–Crippen LogP) is 2.94. The Balaban J connectivity index is 1.89. The summed E-state index contributed by atoms with van der Waals surface area (Å²) in [7, 11) is 0. The monoisotopic (exact) mass is 408 g/mol. The fraction of sp³-hybridized carbons (Fsp3) is 0.238.